The van der Waals surface area contributed by atoms with Gasteiger partial charge in [0.05, 0.1) is 4.91 Å². The molecule has 6 nitrogen and oxygen atoms in total. The Morgan fingerprint density at radius 1 is 1.00 bits per heavy atom. The van der Waals surface area contributed by atoms with E-state index < -0.39 is 0 Å². The zero-order valence-corrected chi connectivity index (χ0v) is 26.7. The van der Waals surface area contributed by atoms with Crippen molar-refractivity contribution in [2.24, 2.45) is 5.92 Å². The fraction of sp³-hybridized carbons (Fsp3) is 0.688. The third-order valence-electron chi connectivity index (χ3n) is 8.13. The van der Waals surface area contributed by atoms with Crippen LogP contribution in [-0.4, -0.2) is 39.3 Å². The lowest BCUT2D eigenvalue weighted by Crippen LogP contribution is -2.40. The number of aromatic nitrogens is 1. The summed E-state index contributed by atoms with van der Waals surface area (Å²) in [4.78, 5) is 31.5. The molecule has 2 aliphatic heterocycles. The molecule has 1 aromatic rings. The second kappa shape index (κ2) is 16.4. The van der Waals surface area contributed by atoms with Crippen molar-refractivity contribution in [3.63, 3.8) is 0 Å². The minimum Gasteiger partial charge on any atom is -0.357 e. The smallest absolute Gasteiger partial charge is 0.270 e. The van der Waals surface area contributed by atoms with Crippen LogP contribution in [0.2, 0.25) is 0 Å². The Morgan fingerprint density at radius 2 is 1.65 bits per heavy atom. The molecular formula is C32H48N4O2S2. The molecule has 40 heavy (non-hydrogen) atoms. The Morgan fingerprint density at radius 3 is 2.25 bits per heavy atom. The van der Waals surface area contributed by atoms with Gasteiger partial charge in [0.25, 0.3) is 11.5 Å². The van der Waals surface area contributed by atoms with Gasteiger partial charge in [-0.15, -0.1) is 0 Å². The first-order chi connectivity index (χ1) is 19.3. The third kappa shape index (κ3) is 8.22. The number of nitrogens with zero attached hydrogens (tertiary/aromatic N) is 4. The van der Waals surface area contributed by atoms with Gasteiger partial charge < -0.3 is 4.90 Å². The van der Waals surface area contributed by atoms with Crippen molar-refractivity contribution in [2.75, 3.05) is 24.5 Å². The zero-order valence-electron chi connectivity index (χ0n) is 25.1. The largest absolute Gasteiger partial charge is 0.357 e. The Balaban J connectivity index is 1.77. The van der Waals surface area contributed by atoms with Gasteiger partial charge >= 0.3 is 0 Å². The van der Waals surface area contributed by atoms with Crippen LogP contribution in [0, 0.1) is 24.2 Å². The first-order valence-corrected chi connectivity index (χ1v) is 16.7. The van der Waals surface area contributed by atoms with Crippen LogP contribution in [0.5, 0.6) is 0 Å². The molecule has 1 amide bonds. The van der Waals surface area contributed by atoms with Crippen molar-refractivity contribution < 1.29 is 4.79 Å². The molecule has 1 unspecified atom stereocenters. The number of carbonyl (C=O) groups excluding carboxylic acids is 1. The number of hydrogen-bond acceptors (Lipinski definition) is 6. The van der Waals surface area contributed by atoms with Gasteiger partial charge in [0, 0.05) is 31.7 Å². The molecule has 0 saturated carbocycles. The number of nitriles is 1. The first-order valence-electron chi connectivity index (χ1n) is 15.5. The molecular weight excluding hydrogens is 537 g/mol. The molecule has 0 spiro atoms. The highest BCUT2D eigenvalue weighted by Crippen LogP contribution is 2.37. The molecule has 0 bridgehead atoms. The van der Waals surface area contributed by atoms with E-state index in [0.717, 1.165) is 56.6 Å². The summed E-state index contributed by atoms with van der Waals surface area (Å²) in [6, 6.07) is 2.15. The number of amides is 1. The van der Waals surface area contributed by atoms with E-state index in [9.17, 15) is 14.9 Å². The number of thioether (sulfide) groups is 1. The fourth-order valence-electron chi connectivity index (χ4n) is 5.88. The predicted octanol–water partition coefficient (Wildman–Crippen LogP) is 7.80. The minimum absolute atomic E-state index is 0.0602. The molecule has 2 saturated heterocycles. The molecule has 1 aromatic heterocycles. The van der Waals surface area contributed by atoms with Gasteiger partial charge in [-0.25, -0.2) is 0 Å². The Labute approximate surface area is 251 Å². The van der Waals surface area contributed by atoms with Crippen molar-refractivity contribution in [3.8, 4) is 6.07 Å². The molecule has 0 radical (unpaired) electrons. The van der Waals surface area contributed by atoms with Gasteiger partial charge in [-0.05, 0) is 50.2 Å². The highest BCUT2D eigenvalue weighted by molar-refractivity contribution is 8.26. The highest BCUT2D eigenvalue weighted by atomic mass is 32.2. The second-order valence-corrected chi connectivity index (χ2v) is 13.2. The van der Waals surface area contributed by atoms with E-state index >= 15 is 0 Å². The van der Waals surface area contributed by atoms with Gasteiger partial charge in [-0.3, -0.25) is 19.1 Å². The number of thiocarbonyl (C=S) groups is 1. The van der Waals surface area contributed by atoms with Gasteiger partial charge in [0.1, 0.15) is 21.8 Å². The first kappa shape index (κ1) is 32.4. The van der Waals surface area contributed by atoms with Crippen LogP contribution >= 0.6 is 24.0 Å². The Kier molecular flexibility index (Phi) is 13.3. The van der Waals surface area contributed by atoms with Crippen LogP contribution in [0.1, 0.15) is 121 Å². The average molecular weight is 585 g/mol. The standard InChI is InChI=1S/C32H48N4O2S2/c1-5-7-8-9-10-11-12-13-14-15-20-36-31(38)28(40-32(36)39)21-26-25(4)27(22-33)30(37)35(18-6-2)29(26)34-19-16-17-24(3)23-34/h21,24H,5-20,23H2,1-4H3/b28-21-. The van der Waals surface area contributed by atoms with Gasteiger partial charge in [0.15, 0.2) is 0 Å². The summed E-state index contributed by atoms with van der Waals surface area (Å²) in [5, 5.41) is 9.88. The number of piperidine rings is 1. The SMILES string of the molecule is CCCCCCCCCCCCN1C(=O)/C(=C/c2c(C)c(C#N)c(=O)n(CCC)c2N2CCCC(C)C2)SC1=S. The average Bonchev–Trinajstić information content (AvgIpc) is 3.20. The molecule has 8 heteroatoms. The number of rotatable bonds is 15. The second-order valence-electron chi connectivity index (χ2n) is 11.5. The van der Waals surface area contributed by atoms with Crippen LogP contribution in [0.3, 0.4) is 0 Å². The van der Waals surface area contributed by atoms with E-state index in [1.54, 1.807) is 9.47 Å². The molecule has 220 valence electrons. The third-order valence-corrected chi connectivity index (χ3v) is 9.51. The van der Waals surface area contributed by atoms with Crippen molar-refractivity contribution in [1.82, 2.24) is 9.47 Å². The lowest BCUT2D eigenvalue weighted by Gasteiger charge is -2.36. The summed E-state index contributed by atoms with van der Waals surface area (Å²) >= 11 is 6.97. The summed E-state index contributed by atoms with van der Waals surface area (Å²) < 4.78 is 2.36. The lowest BCUT2D eigenvalue weighted by molar-refractivity contribution is -0.122. The van der Waals surface area contributed by atoms with Crippen LogP contribution < -0.4 is 10.5 Å². The lowest BCUT2D eigenvalue weighted by atomic mass is 9.98. The van der Waals surface area contributed by atoms with E-state index in [2.05, 4.69) is 24.8 Å². The molecule has 2 aliphatic rings. The monoisotopic (exact) mass is 584 g/mol. The summed E-state index contributed by atoms with van der Waals surface area (Å²) in [6.45, 7) is 11.3. The predicted molar refractivity (Wildman–Crippen MR) is 173 cm³/mol. The maximum atomic E-state index is 13.5. The molecule has 3 rings (SSSR count). The number of carbonyl (C=O) groups is 1. The maximum absolute atomic E-state index is 13.5. The Bertz CT molecular complexity index is 1170. The van der Waals surface area contributed by atoms with E-state index in [1.165, 1.54) is 63.1 Å². The van der Waals surface area contributed by atoms with Crippen molar-refractivity contribution in [2.45, 2.75) is 118 Å². The van der Waals surface area contributed by atoms with Crippen molar-refractivity contribution in [1.29, 1.82) is 5.26 Å². The number of anilines is 1. The van der Waals surface area contributed by atoms with Gasteiger partial charge in [0.2, 0.25) is 0 Å². The number of unbranched alkanes of at least 4 members (excludes halogenated alkanes) is 9. The zero-order chi connectivity index (χ0) is 29.1. The summed E-state index contributed by atoms with van der Waals surface area (Å²) in [7, 11) is 0. The molecule has 2 fully saturated rings. The van der Waals surface area contributed by atoms with E-state index in [1.807, 2.05) is 19.9 Å². The van der Waals surface area contributed by atoms with Crippen LogP contribution in [0.25, 0.3) is 6.08 Å². The normalized spacial score (nSPS) is 18.7. The minimum atomic E-state index is -0.235. The summed E-state index contributed by atoms with van der Waals surface area (Å²) in [6.07, 6.45) is 17.4. The van der Waals surface area contributed by atoms with Crippen molar-refractivity contribution >= 4 is 46.1 Å². The van der Waals surface area contributed by atoms with Crippen LogP contribution in [0.15, 0.2) is 9.70 Å². The molecule has 0 aliphatic carbocycles. The summed E-state index contributed by atoms with van der Waals surface area (Å²) in [5.41, 5.74) is 1.38. The van der Waals surface area contributed by atoms with Crippen molar-refractivity contribution in [3.05, 3.63) is 31.9 Å². The van der Waals surface area contributed by atoms with E-state index in [4.69, 9.17) is 12.2 Å². The highest BCUT2D eigenvalue weighted by Gasteiger charge is 2.33. The van der Waals surface area contributed by atoms with Crippen LogP contribution in [0.4, 0.5) is 5.82 Å². The van der Waals surface area contributed by atoms with E-state index in [0.29, 0.717) is 33.8 Å². The molecule has 3 heterocycles. The molecule has 0 N–H and O–H groups in total. The van der Waals surface area contributed by atoms with E-state index in [-0.39, 0.29) is 17.0 Å². The molecule has 1 atom stereocenters. The quantitative estimate of drug-likeness (QED) is 0.119. The summed E-state index contributed by atoms with van der Waals surface area (Å²) in [5.74, 6) is 1.30. The topological polar surface area (TPSA) is 69.3 Å². The number of pyridine rings is 1. The Hall–Kier alpha value is -2.11. The van der Waals surface area contributed by atoms with Gasteiger partial charge in [-0.2, -0.15) is 5.26 Å². The number of hydrogen-bond donors (Lipinski definition) is 0. The maximum Gasteiger partial charge on any atom is 0.270 e. The van der Waals surface area contributed by atoms with Gasteiger partial charge in [-0.1, -0.05) is 103 Å². The molecule has 0 aromatic carbocycles. The van der Waals surface area contributed by atoms with Crippen LogP contribution in [-0.2, 0) is 11.3 Å². The fourth-order valence-corrected chi connectivity index (χ4v) is 7.17.